The molecule has 0 aliphatic carbocycles. The summed E-state index contributed by atoms with van der Waals surface area (Å²) >= 11 is 3.55. The number of aromatic nitrogens is 1. The minimum Gasteiger partial charge on any atom is -0.381 e. The second-order valence-electron chi connectivity index (χ2n) is 5.98. The molecule has 2 saturated heterocycles. The van der Waals surface area contributed by atoms with Crippen LogP contribution in [0.2, 0.25) is 0 Å². The van der Waals surface area contributed by atoms with Gasteiger partial charge in [0.25, 0.3) is 0 Å². The molecular weight excluding hydrogens is 346 g/mol. The van der Waals surface area contributed by atoms with Crippen LogP contribution in [0.1, 0.15) is 25.7 Å². The van der Waals surface area contributed by atoms with E-state index in [1.54, 1.807) is 0 Å². The van der Waals surface area contributed by atoms with Gasteiger partial charge < -0.3 is 15.0 Å². The van der Waals surface area contributed by atoms with Crippen LogP contribution in [0.15, 0.2) is 22.9 Å². The monoisotopic (exact) mass is 367 g/mol. The van der Waals surface area contributed by atoms with Gasteiger partial charge in [0.15, 0.2) is 0 Å². The Labute approximate surface area is 139 Å². The number of nitrogens with one attached hydrogen (secondary N) is 1. The maximum absolute atomic E-state index is 12.4. The van der Waals surface area contributed by atoms with Crippen molar-refractivity contribution in [3.05, 3.63) is 22.9 Å². The van der Waals surface area contributed by atoms with Gasteiger partial charge in [0, 0.05) is 50.7 Å². The van der Waals surface area contributed by atoms with Gasteiger partial charge in [-0.1, -0.05) is 0 Å². The van der Waals surface area contributed by atoms with Gasteiger partial charge in [0.2, 0.25) is 5.91 Å². The summed E-state index contributed by atoms with van der Waals surface area (Å²) in [5, 5.41) is 3.20. The average Bonchev–Trinajstić information content (AvgIpc) is 2.56. The van der Waals surface area contributed by atoms with Gasteiger partial charge in [-0.3, -0.25) is 9.78 Å². The molecule has 0 atom stereocenters. The van der Waals surface area contributed by atoms with Crippen LogP contribution in [0.3, 0.4) is 0 Å². The Morgan fingerprint density at radius 2 is 2.00 bits per heavy atom. The van der Waals surface area contributed by atoms with Crippen LogP contribution < -0.4 is 10.2 Å². The summed E-state index contributed by atoms with van der Waals surface area (Å²) in [5.41, 5.74) is 1.17. The van der Waals surface area contributed by atoms with E-state index in [2.05, 4.69) is 31.1 Å². The van der Waals surface area contributed by atoms with E-state index in [0.717, 1.165) is 56.5 Å². The van der Waals surface area contributed by atoms with Gasteiger partial charge in [0.1, 0.15) is 0 Å². The van der Waals surface area contributed by atoms with Gasteiger partial charge in [-0.15, -0.1) is 0 Å². The number of ether oxygens (including phenoxy) is 1. The van der Waals surface area contributed by atoms with Crippen LogP contribution >= 0.6 is 15.9 Å². The third kappa shape index (κ3) is 3.79. The Balaban J connectivity index is 1.51. The minimum absolute atomic E-state index is 0.139. The van der Waals surface area contributed by atoms with E-state index in [4.69, 9.17) is 4.74 Å². The van der Waals surface area contributed by atoms with Gasteiger partial charge in [-0.2, -0.15) is 0 Å². The number of pyridine rings is 1. The fourth-order valence-corrected chi connectivity index (χ4v) is 3.67. The number of amides is 1. The van der Waals surface area contributed by atoms with Crippen molar-refractivity contribution in [2.75, 3.05) is 31.2 Å². The summed E-state index contributed by atoms with van der Waals surface area (Å²) in [7, 11) is 0. The van der Waals surface area contributed by atoms with Crippen LogP contribution in [0.5, 0.6) is 0 Å². The Morgan fingerprint density at radius 3 is 2.68 bits per heavy atom. The maximum Gasteiger partial charge on any atom is 0.223 e. The number of nitrogens with zero attached hydrogens (tertiary/aromatic N) is 2. The third-order valence-corrected chi connectivity index (χ3v) is 5.14. The smallest absolute Gasteiger partial charge is 0.223 e. The highest BCUT2D eigenvalue weighted by molar-refractivity contribution is 9.10. The number of carbonyl (C=O) groups is 1. The zero-order chi connectivity index (χ0) is 15.4. The number of hydrogen-bond donors (Lipinski definition) is 1. The predicted octanol–water partition coefficient (Wildman–Crippen LogP) is 2.36. The first-order valence-corrected chi connectivity index (χ1v) is 8.76. The zero-order valence-electron chi connectivity index (χ0n) is 12.6. The standard InChI is InChI=1S/C16H22BrN3O2/c17-14-11-18-6-1-15(14)20-7-2-12(3-8-20)16(21)19-13-4-9-22-10-5-13/h1,6,11-13H,2-5,7-10H2,(H,19,21). The second kappa shape index (κ2) is 7.42. The molecule has 22 heavy (non-hydrogen) atoms. The molecule has 3 heterocycles. The molecule has 2 fully saturated rings. The molecule has 0 radical (unpaired) electrons. The fraction of sp³-hybridized carbons (Fsp3) is 0.625. The highest BCUT2D eigenvalue weighted by Crippen LogP contribution is 2.29. The molecule has 0 bridgehead atoms. The molecule has 0 saturated carbocycles. The van der Waals surface area contributed by atoms with Crippen LogP contribution in [-0.2, 0) is 9.53 Å². The molecule has 1 aromatic heterocycles. The van der Waals surface area contributed by atoms with E-state index < -0.39 is 0 Å². The number of anilines is 1. The SMILES string of the molecule is O=C(NC1CCOCC1)C1CCN(c2ccncc2Br)CC1. The van der Waals surface area contributed by atoms with Crippen LogP contribution in [0, 0.1) is 5.92 Å². The van der Waals surface area contributed by atoms with Crippen molar-refractivity contribution in [3.8, 4) is 0 Å². The molecule has 3 rings (SSSR count). The molecule has 1 N–H and O–H groups in total. The summed E-state index contributed by atoms with van der Waals surface area (Å²) in [5.74, 6) is 0.361. The first-order valence-electron chi connectivity index (χ1n) is 7.96. The molecule has 0 unspecified atom stereocenters. The highest BCUT2D eigenvalue weighted by atomic mass is 79.9. The van der Waals surface area contributed by atoms with Crippen LogP contribution in [0.25, 0.3) is 0 Å². The average molecular weight is 368 g/mol. The normalized spacial score (nSPS) is 20.9. The highest BCUT2D eigenvalue weighted by Gasteiger charge is 2.27. The van der Waals surface area contributed by atoms with E-state index in [1.807, 2.05) is 18.5 Å². The van der Waals surface area contributed by atoms with Crippen molar-refractivity contribution in [2.24, 2.45) is 5.92 Å². The van der Waals surface area contributed by atoms with Gasteiger partial charge >= 0.3 is 0 Å². The van der Waals surface area contributed by atoms with E-state index in [9.17, 15) is 4.79 Å². The maximum atomic E-state index is 12.4. The van der Waals surface area contributed by atoms with Crippen LogP contribution in [-0.4, -0.2) is 43.2 Å². The lowest BCUT2D eigenvalue weighted by molar-refractivity contribution is -0.126. The quantitative estimate of drug-likeness (QED) is 0.890. The topological polar surface area (TPSA) is 54.5 Å². The van der Waals surface area contributed by atoms with Crippen molar-refractivity contribution in [1.29, 1.82) is 0 Å². The lowest BCUT2D eigenvalue weighted by Crippen LogP contribution is -2.45. The molecule has 2 aliphatic rings. The van der Waals surface area contributed by atoms with Crippen molar-refractivity contribution in [1.82, 2.24) is 10.3 Å². The van der Waals surface area contributed by atoms with E-state index in [1.165, 1.54) is 5.69 Å². The van der Waals surface area contributed by atoms with Crippen molar-refractivity contribution < 1.29 is 9.53 Å². The molecule has 1 amide bonds. The van der Waals surface area contributed by atoms with Crippen molar-refractivity contribution in [2.45, 2.75) is 31.7 Å². The summed E-state index contributed by atoms with van der Waals surface area (Å²) < 4.78 is 6.35. The van der Waals surface area contributed by atoms with E-state index in [0.29, 0.717) is 6.04 Å². The second-order valence-corrected chi connectivity index (χ2v) is 6.84. The lowest BCUT2D eigenvalue weighted by Gasteiger charge is -2.34. The minimum atomic E-state index is 0.139. The summed E-state index contributed by atoms with van der Waals surface area (Å²) in [6.45, 7) is 3.35. The number of hydrogen-bond acceptors (Lipinski definition) is 4. The molecule has 5 nitrogen and oxygen atoms in total. The van der Waals surface area contributed by atoms with Gasteiger partial charge in [-0.05, 0) is 47.7 Å². The Morgan fingerprint density at radius 1 is 1.27 bits per heavy atom. The Hall–Kier alpha value is -1.14. The summed E-state index contributed by atoms with van der Waals surface area (Å²) in [6.07, 6.45) is 7.32. The zero-order valence-corrected chi connectivity index (χ0v) is 14.2. The molecule has 0 spiro atoms. The summed E-state index contributed by atoms with van der Waals surface area (Å²) in [4.78, 5) is 18.8. The lowest BCUT2D eigenvalue weighted by atomic mass is 9.94. The first kappa shape index (κ1) is 15.7. The molecule has 120 valence electrons. The number of halogens is 1. The Kier molecular flexibility index (Phi) is 5.31. The molecule has 0 aromatic carbocycles. The van der Waals surface area contributed by atoms with E-state index >= 15 is 0 Å². The van der Waals surface area contributed by atoms with Crippen molar-refractivity contribution in [3.63, 3.8) is 0 Å². The third-order valence-electron chi connectivity index (χ3n) is 4.53. The number of carbonyl (C=O) groups excluding carboxylic acids is 1. The Bertz CT molecular complexity index is 512. The van der Waals surface area contributed by atoms with Crippen LogP contribution in [0.4, 0.5) is 5.69 Å². The molecule has 2 aliphatic heterocycles. The number of piperidine rings is 1. The predicted molar refractivity (Wildman–Crippen MR) is 88.9 cm³/mol. The van der Waals surface area contributed by atoms with Gasteiger partial charge in [0.05, 0.1) is 10.2 Å². The summed E-state index contributed by atoms with van der Waals surface area (Å²) in [6, 6.07) is 2.32. The molecule has 1 aromatic rings. The van der Waals surface area contributed by atoms with E-state index in [-0.39, 0.29) is 11.8 Å². The molecule has 6 heteroatoms. The first-order chi connectivity index (χ1) is 10.7. The molecular formula is C16H22BrN3O2. The fourth-order valence-electron chi connectivity index (χ4n) is 3.17. The van der Waals surface area contributed by atoms with Gasteiger partial charge in [-0.25, -0.2) is 0 Å². The number of rotatable bonds is 3. The largest absolute Gasteiger partial charge is 0.381 e. The van der Waals surface area contributed by atoms with Crippen molar-refractivity contribution >= 4 is 27.5 Å².